The molecule has 8 heteroatoms. The number of rotatable bonds is 6. The van der Waals surface area contributed by atoms with Crippen LogP contribution in [0, 0.1) is 0 Å². The van der Waals surface area contributed by atoms with E-state index in [0.717, 1.165) is 67.3 Å². The molecule has 1 saturated carbocycles. The van der Waals surface area contributed by atoms with Crippen molar-refractivity contribution in [2.24, 2.45) is 0 Å². The fourth-order valence-corrected chi connectivity index (χ4v) is 5.82. The van der Waals surface area contributed by atoms with Crippen LogP contribution in [0.25, 0.3) is 11.1 Å². The molecule has 2 aromatic carbocycles. The third kappa shape index (κ3) is 5.19. The van der Waals surface area contributed by atoms with Gasteiger partial charge in [0.2, 0.25) is 12.6 Å². The van der Waals surface area contributed by atoms with Crippen LogP contribution >= 0.6 is 0 Å². The summed E-state index contributed by atoms with van der Waals surface area (Å²) in [5, 5.41) is 3.04. The highest BCUT2D eigenvalue weighted by Crippen LogP contribution is 2.41. The largest absolute Gasteiger partial charge is 0.462 e. The number of carbonyl (C=O) groups is 1. The molecule has 198 valence electrons. The van der Waals surface area contributed by atoms with Crippen molar-refractivity contribution in [2.75, 3.05) is 33.2 Å². The minimum Gasteiger partial charge on any atom is -0.462 e. The van der Waals surface area contributed by atoms with Crippen LogP contribution in [-0.4, -0.2) is 61.8 Å². The highest BCUT2D eigenvalue weighted by atomic mass is 19.1. The molecule has 3 aliphatic heterocycles. The highest BCUT2D eigenvalue weighted by molar-refractivity contribution is 5.95. The Morgan fingerprint density at radius 3 is 2.62 bits per heavy atom. The number of carbonyl (C=O) groups excluding carboxylic acids is 1. The van der Waals surface area contributed by atoms with E-state index in [4.69, 9.17) is 18.9 Å². The third-order valence-corrected chi connectivity index (χ3v) is 8.32. The first kappa shape index (κ1) is 24.6. The number of benzene rings is 2. The molecule has 1 spiro atoms. The van der Waals surface area contributed by atoms with Gasteiger partial charge in [-0.15, -0.1) is 0 Å². The predicted octanol–water partition coefficient (Wildman–Crippen LogP) is 4.82. The molecule has 0 unspecified atom stereocenters. The minimum atomic E-state index is -0.977. The Morgan fingerprint density at radius 1 is 1.08 bits per heavy atom. The summed E-state index contributed by atoms with van der Waals surface area (Å²) in [4.78, 5) is 15.4. The molecular weight excluding hydrogens is 475 g/mol. The number of halogens is 1. The normalized spacial score (nSPS) is 22.1. The molecule has 0 bridgehead atoms. The third-order valence-electron chi connectivity index (χ3n) is 8.32. The maximum atomic E-state index is 13.3. The number of nitrogens with one attached hydrogen (secondary N) is 1. The molecule has 0 atom stereocenters. The van der Waals surface area contributed by atoms with E-state index in [1.807, 2.05) is 24.3 Å². The number of piperidine rings is 1. The van der Waals surface area contributed by atoms with Gasteiger partial charge in [0.1, 0.15) is 11.5 Å². The number of nitrogens with zero attached hydrogens (tertiary/aromatic N) is 1. The van der Waals surface area contributed by atoms with Crippen LogP contribution in [0.1, 0.15) is 60.9 Å². The number of ether oxygens (including phenoxy) is 4. The van der Waals surface area contributed by atoms with Gasteiger partial charge >= 0.3 is 0 Å². The van der Waals surface area contributed by atoms with E-state index in [9.17, 15) is 9.18 Å². The monoisotopic (exact) mass is 510 g/mol. The Labute approximate surface area is 217 Å². The molecule has 0 radical (unpaired) electrons. The number of alkyl halides is 1. The van der Waals surface area contributed by atoms with Crippen molar-refractivity contribution < 1.29 is 28.1 Å². The lowest BCUT2D eigenvalue weighted by atomic mass is 9.89. The van der Waals surface area contributed by atoms with Crippen molar-refractivity contribution in [1.82, 2.24) is 10.2 Å². The summed E-state index contributed by atoms with van der Waals surface area (Å²) in [5.74, 6) is 0.437. The number of hydrogen-bond acceptors (Lipinski definition) is 6. The van der Waals surface area contributed by atoms with Crippen LogP contribution < -0.4 is 14.8 Å². The summed E-state index contributed by atoms with van der Waals surface area (Å²) in [6.07, 6.45) is 7.30. The van der Waals surface area contributed by atoms with E-state index in [0.29, 0.717) is 31.1 Å². The van der Waals surface area contributed by atoms with Gasteiger partial charge in [0.15, 0.2) is 0 Å². The van der Waals surface area contributed by atoms with E-state index in [-0.39, 0.29) is 11.9 Å². The maximum Gasteiger partial charge on any atom is 0.251 e. The quantitative estimate of drug-likeness (QED) is 0.601. The Balaban J connectivity index is 1.17. The summed E-state index contributed by atoms with van der Waals surface area (Å²) < 4.78 is 36.7. The number of hydrogen-bond donors (Lipinski definition) is 1. The summed E-state index contributed by atoms with van der Waals surface area (Å²) in [6.45, 7) is 2.80. The molecule has 0 aromatic heterocycles. The van der Waals surface area contributed by atoms with Gasteiger partial charge in [-0.3, -0.25) is 9.69 Å². The fraction of sp³-hybridized carbons (Fsp3) is 0.552. The molecular formula is C29H35FN2O5. The first-order valence-corrected chi connectivity index (χ1v) is 13.5. The molecule has 2 aromatic rings. The molecule has 4 aliphatic rings. The summed E-state index contributed by atoms with van der Waals surface area (Å²) in [5.41, 5.74) is 2.98. The van der Waals surface area contributed by atoms with Gasteiger partial charge in [0.05, 0.1) is 6.61 Å². The van der Waals surface area contributed by atoms with Gasteiger partial charge in [-0.1, -0.05) is 12.5 Å². The fourth-order valence-electron chi connectivity index (χ4n) is 5.82. The zero-order valence-electron chi connectivity index (χ0n) is 21.2. The first-order chi connectivity index (χ1) is 18.1. The van der Waals surface area contributed by atoms with Crippen LogP contribution in [0.5, 0.6) is 11.5 Å². The van der Waals surface area contributed by atoms with E-state index in [1.165, 1.54) is 19.3 Å². The van der Waals surface area contributed by atoms with Crippen LogP contribution in [0.15, 0.2) is 36.4 Å². The number of amides is 1. The minimum absolute atomic E-state index is 0.0841. The summed E-state index contributed by atoms with van der Waals surface area (Å²) >= 11 is 0. The average molecular weight is 511 g/mol. The smallest absolute Gasteiger partial charge is 0.251 e. The topological polar surface area (TPSA) is 69.3 Å². The van der Waals surface area contributed by atoms with Crippen LogP contribution in [0.2, 0.25) is 0 Å². The van der Waals surface area contributed by atoms with Crippen molar-refractivity contribution in [2.45, 2.75) is 69.4 Å². The van der Waals surface area contributed by atoms with E-state index < -0.39 is 12.6 Å². The zero-order chi connectivity index (χ0) is 25.2. The van der Waals surface area contributed by atoms with Crippen LogP contribution in [0.3, 0.4) is 0 Å². The Kier molecular flexibility index (Phi) is 7.06. The molecule has 3 heterocycles. The van der Waals surface area contributed by atoms with E-state index in [2.05, 4.69) is 10.2 Å². The molecule has 2 saturated heterocycles. The standard InChI is InChI=1S/C29H35FN2O5/c30-19-35-27-17-21(28(33)31-23-8-14-34-15-9-23)4-6-25(27)20-5-7-26-22(16-20)18-36-29(37-26)10-12-32(13-11-29)24-2-1-3-24/h4-7,16-17,23-24H,1-3,8-15,18-19H2,(H,31,33). The molecule has 6 rings (SSSR count). The lowest BCUT2D eigenvalue weighted by Gasteiger charge is -2.47. The highest BCUT2D eigenvalue weighted by Gasteiger charge is 2.42. The van der Waals surface area contributed by atoms with Crippen molar-refractivity contribution in [3.8, 4) is 22.6 Å². The Bertz CT molecular complexity index is 1120. The molecule has 3 fully saturated rings. The van der Waals surface area contributed by atoms with Gasteiger partial charge in [0.25, 0.3) is 5.91 Å². The zero-order valence-corrected chi connectivity index (χ0v) is 21.2. The lowest BCUT2D eigenvalue weighted by molar-refractivity contribution is -0.231. The average Bonchev–Trinajstić information content (AvgIpc) is 2.90. The lowest BCUT2D eigenvalue weighted by Crippen LogP contribution is -2.54. The maximum absolute atomic E-state index is 13.3. The molecule has 1 N–H and O–H groups in total. The molecule has 7 nitrogen and oxygen atoms in total. The van der Waals surface area contributed by atoms with E-state index >= 15 is 0 Å². The Morgan fingerprint density at radius 2 is 1.89 bits per heavy atom. The van der Waals surface area contributed by atoms with Gasteiger partial charge in [-0.2, -0.15) is 0 Å². The van der Waals surface area contributed by atoms with Gasteiger partial charge < -0.3 is 24.3 Å². The van der Waals surface area contributed by atoms with Crippen molar-refractivity contribution >= 4 is 5.91 Å². The van der Waals surface area contributed by atoms with E-state index in [1.54, 1.807) is 12.1 Å². The first-order valence-electron chi connectivity index (χ1n) is 13.5. The van der Waals surface area contributed by atoms with Crippen LogP contribution in [0.4, 0.5) is 4.39 Å². The van der Waals surface area contributed by atoms with Gasteiger partial charge in [-0.25, -0.2) is 4.39 Å². The van der Waals surface area contributed by atoms with Crippen molar-refractivity contribution in [3.05, 3.63) is 47.5 Å². The predicted molar refractivity (Wildman–Crippen MR) is 136 cm³/mol. The molecule has 37 heavy (non-hydrogen) atoms. The number of fused-ring (bicyclic) bond motifs is 1. The molecule has 1 aliphatic carbocycles. The molecule has 1 amide bonds. The van der Waals surface area contributed by atoms with Gasteiger partial charge in [-0.05, 0) is 61.6 Å². The second-order valence-electron chi connectivity index (χ2n) is 10.6. The van der Waals surface area contributed by atoms with Crippen molar-refractivity contribution in [1.29, 1.82) is 0 Å². The second-order valence-corrected chi connectivity index (χ2v) is 10.6. The van der Waals surface area contributed by atoms with Gasteiger partial charge in [0, 0.05) is 67.9 Å². The Hall–Kier alpha value is -2.68. The van der Waals surface area contributed by atoms with Crippen molar-refractivity contribution in [3.63, 3.8) is 0 Å². The SMILES string of the molecule is O=C(NC1CCOCC1)c1ccc(-c2ccc3c(c2)COC2(CCN(C4CCC4)CC2)O3)c(OCF)c1. The summed E-state index contributed by atoms with van der Waals surface area (Å²) in [6, 6.07) is 12.0. The summed E-state index contributed by atoms with van der Waals surface area (Å²) in [7, 11) is 0. The number of likely N-dealkylation sites (tertiary alicyclic amines) is 1. The van der Waals surface area contributed by atoms with Crippen LogP contribution in [-0.2, 0) is 16.1 Å². The second kappa shape index (κ2) is 10.6.